The molecule has 2 N–H and O–H groups in total. The van der Waals surface area contributed by atoms with Crippen LogP contribution in [0.4, 0.5) is 17.3 Å². The van der Waals surface area contributed by atoms with Crippen LogP contribution in [0.1, 0.15) is 5.82 Å². The van der Waals surface area contributed by atoms with E-state index in [2.05, 4.69) is 32.2 Å². The normalized spacial score (nSPS) is 10.0. The van der Waals surface area contributed by atoms with Gasteiger partial charge in [0.05, 0.1) is 4.90 Å². The van der Waals surface area contributed by atoms with Gasteiger partial charge in [-0.05, 0) is 25.3 Å². The fraction of sp³-hybridized carbons (Fsp3) is 0.143. The van der Waals surface area contributed by atoms with Crippen molar-refractivity contribution in [1.29, 1.82) is 0 Å². The molecule has 2 aromatic rings. The second-order valence-electron chi connectivity index (χ2n) is 4.08. The second-order valence-corrected chi connectivity index (χ2v) is 4.93. The smallest absolute Gasteiger partial charge is 0.248 e. The molecule has 2 heterocycles. The molecule has 0 atom stereocenters. The lowest BCUT2D eigenvalue weighted by atomic mass is 10.3. The highest BCUT2D eigenvalue weighted by Crippen LogP contribution is 2.26. The van der Waals surface area contributed by atoms with Crippen LogP contribution in [0, 0.1) is 6.92 Å². The molecule has 0 spiro atoms. The molecule has 0 saturated heterocycles. The van der Waals surface area contributed by atoms with E-state index in [9.17, 15) is 4.79 Å². The molecule has 0 bridgehead atoms. The number of thioether (sulfide) groups is 1. The van der Waals surface area contributed by atoms with Crippen molar-refractivity contribution >= 4 is 35.0 Å². The van der Waals surface area contributed by atoms with E-state index in [0.29, 0.717) is 11.6 Å². The van der Waals surface area contributed by atoms with Crippen LogP contribution >= 0.6 is 11.8 Å². The molecule has 7 heteroatoms. The van der Waals surface area contributed by atoms with E-state index in [4.69, 9.17) is 0 Å². The van der Waals surface area contributed by atoms with Crippen LogP contribution in [0.15, 0.2) is 42.1 Å². The van der Waals surface area contributed by atoms with E-state index in [1.165, 1.54) is 6.08 Å². The zero-order chi connectivity index (χ0) is 15.2. The lowest BCUT2D eigenvalue weighted by Gasteiger charge is -2.10. The van der Waals surface area contributed by atoms with Crippen molar-refractivity contribution < 1.29 is 4.79 Å². The molecule has 0 unspecified atom stereocenters. The third-order valence-corrected chi connectivity index (χ3v) is 3.29. The maximum absolute atomic E-state index is 11.3. The number of nitrogens with one attached hydrogen (secondary N) is 2. The van der Waals surface area contributed by atoms with Crippen molar-refractivity contribution in [3.05, 3.63) is 43.0 Å². The Morgan fingerprint density at radius 2 is 2.24 bits per heavy atom. The standard InChI is InChI=1S/C14H15N5OS/c1-4-13(20)19-12-7-10(5-6-15-12)18-14-11(21-3)8-16-9(2)17-14/h4-8H,1H2,2-3H3,(H2,15,16,17,18,19,20). The molecule has 2 rings (SSSR count). The first-order chi connectivity index (χ1) is 10.1. The van der Waals surface area contributed by atoms with Gasteiger partial charge in [0.15, 0.2) is 0 Å². The second kappa shape index (κ2) is 6.85. The first kappa shape index (κ1) is 15.0. The summed E-state index contributed by atoms with van der Waals surface area (Å²) in [5.74, 6) is 1.55. The molecular weight excluding hydrogens is 286 g/mol. The van der Waals surface area contributed by atoms with Crippen LogP contribution < -0.4 is 10.6 Å². The van der Waals surface area contributed by atoms with Gasteiger partial charge in [-0.25, -0.2) is 15.0 Å². The van der Waals surface area contributed by atoms with Gasteiger partial charge in [-0.15, -0.1) is 11.8 Å². The summed E-state index contributed by atoms with van der Waals surface area (Å²) in [6.07, 6.45) is 6.54. The van der Waals surface area contributed by atoms with E-state index >= 15 is 0 Å². The number of aryl methyl sites for hydroxylation is 1. The Kier molecular flexibility index (Phi) is 4.89. The van der Waals surface area contributed by atoms with Crippen LogP contribution in [0.25, 0.3) is 0 Å². The van der Waals surface area contributed by atoms with Crippen LogP contribution in [-0.4, -0.2) is 27.1 Å². The molecule has 108 valence electrons. The number of nitrogens with zero attached hydrogens (tertiary/aromatic N) is 3. The summed E-state index contributed by atoms with van der Waals surface area (Å²) in [4.78, 5) is 24.8. The Morgan fingerprint density at radius 3 is 2.95 bits per heavy atom. The molecular formula is C14H15N5OS. The summed E-state index contributed by atoms with van der Waals surface area (Å²) in [6, 6.07) is 3.52. The fourth-order valence-electron chi connectivity index (χ4n) is 1.59. The van der Waals surface area contributed by atoms with Crippen molar-refractivity contribution in [3.8, 4) is 0 Å². The molecule has 0 aromatic carbocycles. The Hall–Kier alpha value is -2.41. The van der Waals surface area contributed by atoms with E-state index in [0.717, 1.165) is 16.4 Å². The number of carbonyl (C=O) groups excluding carboxylic acids is 1. The number of anilines is 3. The highest BCUT2D eigenvalue weighted by atomic mass is 32.2. The van der Waals surface area contributed by atoms with Gasteiger partial charge in [-0.3, -0.25) is 4.79 Å². The van der Waals surface area contributed by atoms with Crippen molar-refractivity contribution in [2.24, 2.45) is 0 Å². The Labute approximate surface area is 127 Å². The van der Waals surface area contributed by atoms with E-state index in [1.54, 1.807) is 36.3 Å². The highest BCUT2D eigenvalue weighted by Gasteiger charge is 2.06. The first-order valence-electron chi connectivity index (χ1n) is 6.16. The lowest BCUT2D eigenvalue weighted by Crippen LogP contribution is -2.09. The number of hydrogen-bond acceptors (Lipinski definition) is 6. The molecule has 0 aliphatic carbocycles. The monoisotopic (exact) mass is 301 g/mol. The first-order valence-corrected chi connectivity index (χ1v) is 7.39. The minimum Gasteiger partial charge on any atom is -0.339 e. The van der Waals surface area contributed by atoms with Crippen molar-refractivity contribution in [2.45, 2.75) is 11.8 Å². The highest BCUT2D eigenvalue weighted by molar-refractivity contribution is 7.98. The Morgan fingerprint density at radius 1 is 1.43 bits per heavy atom. The van der Waals surface area contributed by atoms with Gasteiger partial charge in [-0.2, -0.15) is 0 Å². The van der Waals surface area contributed by atoms with Crippen molar-refractivity contribution in [1.82, 2.24) is 15.0 Å². The molecule has 6 nitrogen and oxygen atoms in total. The van der Waals surface area contributed by atoms with Gasteiger partial charge in [0, 0.05) is 24.1 Å². The molecule has 2 aromatic heterocycles. The fourth-order valence-corrected chi connectivity index (χ4v) is 2.04. The SMILES string of the molecule is C=CC(=O)Nc1cc(Nc2nc(C)ncc2SC)ccn1. The summed E-state index contributed by atoms with van der Waals surface area (Å²) >= 11 is 1.56. The van der Waals surface area contributed by atoms with Crippen molar-refractivity contribution in [2.75, 3.05) is 16.9 Å². The zero-order valence-corrected chi connectivity index (χ0v) is 12.6. The number of pyridine rings is 1. The van der Waals surface area contributed by atoms with Crippen LogP contribution in [-0.2, 0) is 4.79 Å². The van der Waals surface area contributed by atoms with Gasteiger partial charge in [-0.1, -0.05) is 6.58 Å². The largest absolute Gasteiger partial charge is 0.339 e. The van der Waals surface area contributed by atoms with Gasteiger partial charge in [0.1, 0.15) is 17.5 Å². The summed E-state index contributed by atoms with van der Waals surface area (Å²) in [5, 5.41) is 5.82. The topological polar surface area (TPSA) is 79.8 Å². The molecule has 0 aliphatic heterocycles. The quantitative estimate of drug-likeness (QED) is 0.653. The Balaban J connectivity index is 2.23. The molecule has 21 heavy (non-hydrogen) atoms. The van der Waals surface area contributed by atoms with Gasteiger partial charge < -0.3 is 10.6 Å². The van der Waals surface area contributed by atoms with Crippen LogP contribution in [0.2, 0.25) is 0 Å². The molecule has 1 amide bonds. The van der Waals surface area contributed by atoms with E-state index in [-0.39, 0.29) is 5.91 Å². The average Bonchev–Trinajstić information content (AvgIpc) is 2.48. The van der Waals surface area contributed by atoms with Crippen LogP contribution in [0.5, 0.6) is 0 Å². The number of rotatable bonds is 5. The molecule has 0 saturated carbocycles. The summed E-state index contributed by atoms with van der Waals surface area (Å²) < 4.78 is 0. The minimum atomic E-state index is -0.303. The summed E-state index contributed by atoms with van der Waals surface area (Å²) in [7, 11) is 0. The van der Waals surface area contributed by atoms with E-state index < -0.39 is 0 Å². The van der Waals surface area contributed by atoms with Gasteiger partial charge in [0.2, 0.25) is 5.91 Å². The third-order valence-electron chi connectivity index (χ3n) is 2.55. The molecule has 0 fully saturated rings. The predicted octanol–water partition coefficient (Wildman–Crippen LogP) is 2.77. The lowest BCUT2D eigenvalue weighted by molar-refractivity contribution is -0.111. The van der Waals surface area contributed by atoms with Gasteiger partial charge in [0.25, 0.3) is 0 Å². The van der Waals surface area contributed by atoms with Crippen molar-refractivity contribution in [3.63, 3.8) is 0 Å². The number of aromatic nitrogens is 3. The minimum absolute atomic E-state index is 0.303. The number of amides is 1. The average molecular weight is 301 g/mol. The predicted molar refractivity (Wildman–Crippen MR) is 84.9 cm³/mol. The van der Waals surface area contributed by atoms with E-state index in [1.807, 2.05) is 13.2 Å². The molecule has 0 radical (unpaired) electrons. The maximum Gasteiger partial charge on any atom is 0.248 e. The number of hydrogen-bond donors (Lipinski definition) is 2. The van der Waals surface area contributed by atoms with Gasteiger partial charge >= 0.3 is 0 Å². The Bertz CT molecular complexity index is 674. The third kappa shape index (κ3) is 4.03. The number of carbonyl (C=O) groups is 1. The summed E-state index contributed by atoms with van der Waals surface area (Å²) in [5.41, 5.74) is 0.776. The molecule has 0 aliphatic rings. The van der Waals surface area contributed by atoms with Crippen LogP contribution in [0.3, 0.4) is 0 Å². The summed E-state index contributed by atoms with van der Waals surface area (Å²) in [6.45, 7) is 5.24. The zero-order valence-electron chi connectivity index (χ0n) is 11.8. The maximum atomic E-state index is 11.3.